The van der Waals surface area contributed by atoms with Crippen LogP contribution >= 0.6 is 0 Å². The molecule has 0 saturated carbocycles. The first-order chi connectivity index (χ1) is 10.8. The van der Waals surface area contributed by atoms with Crippen LogP contribution < -0.4 is 5.32 Å². The molecule has 0 aliphatic rings. The zero-order valence-corrected chi connectivity index (χ0v) is 13.4. The molecule has 0 aliphatic carbocycles. The lowest BCUT2D eigenvalue weighted by molar-refractivity contribution is -0.137. The van der Waals surface area contributed by atoms with Gasteiger partial charge in [-0.2, -0.15) is 0 Å². The van der Waals surface area contributed by atoms with Gasteiger partial charge in [0.05, 0.1) is 5.69 Å². The predicted octanol–water partition coefficient (Wildman–Crippen LogP) is 3.02. The Morgan fingerprint density at radius 1 is 1.26 bits per heavy atom. The minimum Gasteiger partial charge on any atom is -0.481 e. The molecule has 0 spiro atoms. The van der Waals surface area contributed by atoms with Crippen LogP contribution in [-0.4, -0.2) is 27.5 Å². The summed E-state index contributed by atoms with van der Waals surface area (Å²) in [7, 11) is 0. The van der Waals surface area contributed by atoms with E-state index in [2.05, 4.69) is 10.3 Å². The van der Waals surface area contributed by atoms with Gasteiger partial charge in [-0.05, 0) is 39.3 Å². The molecule has 0 fully saturated rings. The number of nitrogens with one attached hydrogen (secondary N) is 1. The quantitative estimate of drug-likeness (QED) is 0.854. The van der Waals surface area contributed by atoms with E-state index in [1.165, 1.54) is 0 Å². The fourth-order valence-electron chi connectivity index (χ4n) is 2.16. The van der Waals surface area contributed by atoms with Gasteiger partial charge in [-0.3, -0.25) is 9.59 Å². The zero-order valence-electron chi connectivity index (χ0n) is 13.4. The summed E-state index contributed by atoms with van der Waals surface area (Å²) in [5.74, 6) is -0.758. The molecule has 2 rings (SSSR count). The molecule has 1 amide bonds. The van der Waals surface area contributed by atoms with Gasteiger partial charge < -0.3 is 14.8 Å². The van der Waals surface area contributed by atoms with Gasteiger partial charge >= 0.3 is 5.97 Å². The summed E-state index contributed by atoms with van der Waals surface area (Å²) in [6.07, 6.45) is 0.310. The molecule has 1 aromatic carbocycles. The maximum Gasteiger partial charge on any atom is 0.303 e. The van der Waals surface area contributed by atoms with E-state index in [4.69, 9.17) is 9.52 Å². The van der Waals surface area contributed by atoms with E-state index < -0.39 is 17.4 Å². The van der Waals surface area contributed by atoms with E-state index in [1.54, 1.807) is 20.8 Å². The summed E-state index contributed by atoms with van der Waals surface area (Å²) in [6, 6.07) is 9.32. The van der Waals surface area contributed by atoms with Crippen molar-refractivity contribution in [3.8, 4) is 11.5 Å². The van der Waals surface area contributed by atoms with E-state index in [9.17, 15) is 9.59 Å². The number of rotatable bonds is 6. The highest BCUT2D eigenvalue weighted by Crippen LogP contribution is 2.22. The Balaban J connectivity index is 2.14. The SMILES string of the molecule is Cc1nc(-c2ccccc2)oc1C(=O)NC(C)(C)CCC(=O)O. The summed E-state index contributed by atoms with van der Waals surface area (Å²) < 4.78 is 5.59. The first-order valence-corrected chi connectivity index (χ1v) is 7.36. The van der Waals surface area contributed by atoms with E-state index in [0.717, 1.165) is 5.56 Å². The van der Waals surface area contributed by atoms with Crippen molar-refractivity contribution in [3.05, 3.63) is 41.8 Å². The number of carboxylic acid groups (broad SMARTS) is 1. The molecule has 2 aromatic rings. The van der Waals surface area contributed by atoms with Gasteiger partial charge in [-0.15, -0.1) is 0 Å². The molecular formula is C17H20N2O4. The molecule has 0 radical (unpaired) electrons. The molecule has 23 heavy (non-hydrogen) atoms. The van der Waals surface area contributed by atoms with Gasteiger partial charge in [0.15, 0.2) is 0 Å². The predicted molar refractivity (Wildman–Crippen MR) is 85.1 cm³/mol. The van der Waals surface area contributed by atoms with Gasteiger partial charge in [0, 0.05) is 17.5 Å². The van der Waals surface area contributed by atoms with Crippen LogP contribution in [0.4, 0.5) is 0 Å². The van der Waals surface area contributed by atoms with E-state index in [0.29, 0.717) is 18.0 Å². The van der Waals surface area contributed by atoms with Crippen LogP contribution in [-0.2, 0) is 4.79 Å². The van der Waals surface area contributed by atoms with E-state index >= 15 is 0 Å². The average molecular weight is 316 g/mol. The second-order valence-electron chi connectivity index (χ2n) is 6.03. The normalized spacial score (nSPS) is 11.3. The van der Waals surface area contributed by atoms with Gasteiger partial charge in [0.2, 0.25) is 11.7 Å². The van der Waals surface area contributed by atoms with Crippen LogP contribution in [0.2, 0.25) is 0 Å². The molecule has 0 aliphatic heterocycles. The molecule has 6 heteroatoms. The number of oxazole rings is 1. The number of nitrogens with zero attached hydrogens (tertiary/aromatic N) is 1. The number of hydrogen-bond donors (Lipinski definition) is 2. The second kappa shape index (κ2) is 6.64. The number of aromatic nitrogens is 1. The Hall–Kier alpha value is -2.63. The minimum absolute atomic E-state index is 0.0159. The topological polar surface area (TPSA) is 92.4 Å². The largest absolute Gasteiger partial charge is 0.481 e. The summed E-state index contributed by atoms with van der Waals surface area (Å²) >= 11 is 0. The first kappa shape index (κ1) is 16.7. The highest BCUT2D eigenvalue weighted by atomic mass is 16.4. The minimum atomic E-state index is -0.894. The lowest BCUT2D eigenvalue weighted by Crippen LogP contribution is -2.43. The van der Waals surface area contributed by atoms with Crippen molar-refractivity contribution in [1.82, 2.24) is 10.3 Å². The smallest absolute Gasteiger partial charge is 0.303 e. The third-order valence-corrected chi connectivity index (χ3v) is 3.44. The third-order valence-electron chi connectivity index (χ3n) is 3.44. The number of carbonyl (C=O) groups is 2. The first-order valence-electron chi connectivity index (χ1n) is 7.36. The lowest BCUT2D eigenvalue weighted by atomic mass is 9.98. The second-order valence-corrected chi connectivity index (χ2v) is 6.03. The number of carbonyl (C=O) groups excluding carboxylic acids is 1. The third kappa shape index (κ3) is 4.42. The fourth-order valence-corrected chi connectivity index (χ4v) is 2.16. The Morgan fingerprint density at radius 2 is 1.91 bits per heavy atom. The van der Waals surface area contributed by atoms with Crippen molar-refractivity contribution in [2.45, 2.75) is 39.2 Å². The number of benzene rings is 1. The summed E-state index contributed by atoms with van der Waals surface area (Å²) in [6.45, 7) is 5.25. The number of amides is 1. The Morgan fingerprint density at radius 3 is 2.52 bits per heavy atom. The van der Waals surface area contributed by atoms with Gasteiger partial charge in [-0.1, -0.05) is 18.2 Å². The fraction of sp³-hybridized carbons (Fsp3) is 0.353. The number of hydrogen-bond acceptors (Lipinski definition) is 4. The molecule has 122 valence electrons. The van der Waals surface area contributed by atoms with Crippen molar-refractivity contribution >= 4 is 11.9 Å². The van der Waals surface area contributed by atoms with Crippen LogP contribution in [0.15, 0.2) is 34.7 Å². The molecular weight excluding hydrogens is 296 g/mol. The van der Waals surface area contributed by atoms with Crippen LogP contribution in [0, 0.1) is 6.92 Å². The molecule has 1 aromatic heterocycles. The number of aliphatic carboxylic acids is 1. The van der Waals surface area contributed by atoms with E-state index in [-0.39, 0.29) is 12.2 Å². The summed E-state index contributed by atoms with van der Waals surface area (Å²) in [4.78, 5) is 27.3. The van der Waals surface area contributed by atoms with E-state index in [1.807, 2.05) is 30.3 Å². The molecule has 0 unspecified atom stereocenters. The average Bonchev–Trinajstić information content (AvgIpc) is 2.88. The maximum atomic E-state index is 12.4. The van der Waals surface area contributed by atoms with Crippen molar-refractivity contribution in [2.75, 3.05) is 0 Å². The Bertz CT molecular complexity index is 705. The van der Waals surface area contributed by atoms with Crippen LogP contribution in [0.3, 0.4) is 0 Å². The van der Waals surface area contributed by atoms with Gasteiger partial charge in [-0.25, -0.2) is 4.98 Å². The number of carboxylic acids is 1. The number of aryl methyl sites for hydroxylation is 1. The standard InChI is InChI=1S/C17H20N2O4/c1-11-14(15(22)19-17(2,3)10-9-13(20)21)23-16(18-11)12-7-5-4-6-8-12/h4-8H,9-10H2,1-3H3,(H,19,22)(H,20,21). The van der Waals surface area contributed by atoms with Crippen molar-refractivity contribution in [2.24, 2.45) is 0 Å². The lowest BCUT2D eigenvalue weighted by Gasteiger charge is -2.25. The van der Waals surface area contributed by atoms with Gasteiger partial charge in [0.1, 0.15) is 0 Å². The molecule has 2 N–H and O–H groups in total. The molecule has 6 nitrogen and oxygen atoms in total. The molecule has 0 bridgehead atoms. The summed E-state index contributed by atoms with van der Waals surface area (Å²) in [5, 5.41) is 11.6. The van der Waals surface area contributed by atoms with Crippen LogP contribution in [0.25, 0.3) is 11.5 Å². The molecule has 0 atom stereocenters. The monoisotopic (exact) mass is 316 g/mol. The van der Waals surface area contributed by atoms with Gasteiger partial charge in [0.25, 0.3) is 5.91 Å². The van der Waals surface area contributed by atoms with Crippen LogP contribution in [0.5, 0.6) is 0 Å². The Labute approximate surface area is 134 Å². The highest BCUT2D eigenvalue weighted by Gasteiger charge is 2.26. The highest BCUT2D eigenvalue weighted by molar-refractivity contribution is 5.93. The van der Waals surface area contributed by atoms with Crippen molar-refractivity contribution in [1.29, 1.82) is 0 Å². The summed E-state index contributed by atoms with van der Waals surface area (Å²) in [5.41, 5.74) is 0.636. The Kier molecular flexibility index (Phi) is 4.83. The molecule has 0 saturated heterocycles. The van der Waals surface area contributed by atoms with Crippen molar-refractivity contribution < 1.29 is 19.1 Å². The van der Waals surface area contributed by atoms with Crippen molar-refractivity contribution in [3.63, 3.8) is 0 Å². The zero-order chi connectivity index (χ0) is 17.0. The maximum absolute atomic E-state index is 12.4. The molecule has 1 heterocycles. The van der Waals surface area contributed by atoms with Crippen LogP contribution in [0.1, 0.15) is 42.9 Å².